The first-order chi connectivity index (χ1) is 31.9. The fourth-order valence-corrected chi connectivity index (χ4v) is 6.56. The first-order valence-electron chi connectivity index (χ1n) is 25.2. The van der Waals surface area contributed by atoms with E-state index in [4.69, 9.17) is 56.8 Å². The van der Waals surface area contributed by atoms with Gasteiger partial charge >= 0.3 is 29.6 Å². The van der Waals surface area contributed by atoms with Crippen LogP contribution >= 0.6 is 0 Å². The fourth-order valence-electron chi connectivity index (χ4n) is 6.24. The van der Waals surface area contributed by atoms with Crippen LogP contribution in [0.2, 0.25) is 0 Å². The van der Waals surface area contributed by atoms with E-state index in [0.717, 1.165) is 12.2 Å². The molecule has 17 heteroatoms. The molecule has 68 heavy (non-hydrogen) atoms. The maximum atomic E-state index is 10.6. The summed E-state index contributed by atoms with van der Waals surface area (Å²) in [6.45, 7) is 30.4. The van der Waals surface area contributed by atoms with Crippen molar-refractivity contribution in [2.45, 2.75) is 215 Å². The van der Waals surface area contributed by atoms with Crippen LogP contribution in [0.5, 0.6) is 5.75 Å². The van der Waals surface area contributed by atoms with Gasteiger partial charge in [0.2, 0.25) is 0 Å². The normalized spacial score (nSPS) is 17.7. The van der Waals surface area contributed by atoms with E-state index < -0.39 is 17.5 Å². The van der Waals surface area contributed by atoms with Crippen LogP contribution in [0.1, 0.15) is 141 Å². The molecule has 0 fully saturated rings. The third-order valence-electron chi connectivity index (χ3n) is 10.5. The molecule has 396 valence electrons. The zero-order chi connectivity index (χ0) is 49.8. The first kappa shape index (κ1) is 67.6. The summed E-state index contributed by atoms with van der Waals surface area (Å²) in [4.78, 5) is 0. The van der Waals surface area contributed by atoms with Gasteiger partial charge in [0.25, 0.3) is 0 Å². The van der Waals surface area contributed by atoms with E-state index in [2.05, 4.69) is 35.4 Å². The van der Waals surface area contributed by atoms with Crippen molar-refractivity contribution < 1.29 is 99.3 Å². The zero-order valence-electron chi connectivity index (χ0n) is 44.9. The summed E-state index contributed by atoms with van der Waals surface area (Å²) in [5.74, 6) is 0.872. The Morgan fingerprint density at radius 1 is 0.382 bits per heavy atom. The van der Waals surface area contributed by atoms with Crippen LogP contribution in [-0.4, -0.2) is 161 Å². The summed E-state index contributed by atoms with van der Waals surface area (Å²) in [7, 11) is 0. The molecule has 0 aliphatic heterocycles. The second kappa shape index (κ2) is 43.1. The molecule has 0 amide bonds. The van der Waals surface area contributed by atoms with Crippen molar-refractivity contribution in [2.24, 2.45) is 0 Å². The average Bonchev–Trinajstić information content (AvgIpc) is 3.30. The van der Waals surface area contributed by atoms with Gasteiger partial charge in [0.15, 0.2) is 0 Å². The van der Waals surface area contributed by atoms with Crippen LogP contribution in [0, 0.1) is 0 Å². The van der Waals surface area contributed by atoms with Crippen LogP contribution in [0.25, 0.3) is 0 Å². The summed E-state index contributed by atoms with van der Waals surface area (Å²) in [6, 6.07) is 8.48. The van der Waals surface area contributed by atoms with Gasteiger partial charge in [0.05, 0.1) is 157 Å². The minimum atomic E-state index is -2.57. The number of rotatable bonds is 46. The fraction of sp³-hybridized carbons (Fsp3) is 0.882. The number of aryl methyl sites for hydroxylation is 1. The molecule has 0 saturated heterocycles. The van der Waals surface area contributed by atoms with E-state index in [1.165, 1.54) is 50.5 Å². The molecule has 15 nitrogen and oxygen atoms in total. The molecule has 0 heterocycles. The van der Waals surface area contributed by atoms with E-state index in [1.807, 2.05) is 76.2 Å². The average molecular weight is 1000 g/mol. The van der Waals surface area contributed by atoms with Crippen LogP contribution in [0.3, 0.4) is 0 Å². The van der Waals surface area contributed by atoms with Crippen molar-refractivity contribution >= 4 is 11.4 Å². The Kier molecular flexibility index (Phi) is 42.9. The monoisotopic (exact) mass is 1000 g/mol. The molecule has 0 N–H and O–H groups in total. The predicted octanol–water partition coefficient (Wildman–Crippen LogP) is 6.02. The third-order valence-corrected chi connectivity index (χ3v) is 11.0. The molecule has 13 atom stereocenters. The maximum absolute atomic E-state index is 10.6. The maximum Gasteiger partial charge on any atom is 1.00 e. The summed E-state index contributed by atoms with van der Waals surface area (Å²) in [6.07, 6.45) is 8.58. The molecule has 0 saturated carbocycles. The Morgan fingerprint density at radius 3 is 0.912 bits per heavy atom. The molecule has 1 aromatic carbocycles. The van der Waals surface area contributed by atoms with Crippen molar-refractivity contribution in [2.75, 3.05) is 79.3 Å². The van der Waals surface area contributed by atoms with E-state index in [9.17, 15) is 8.76 Å². The minimum absolute atomic E-state index is 0. The van der Waals surface area contributed by atoms with Crippen molar-refractivity contribution in [1.29, 1.82) is 0 Å². The van der Waals surface area contributed by atoms with Crippen LogP contribution in [0.4, 0.5) is 0 Å². The van der Waals surface area contributed by atoms with Crippen molar-refractivity contribution in [3.05, 3.63) is 29.8 Å². The third kappa shape index (κ3) is 40.2. The second-order valence-corrected chi connectivity index (χ2v) is 19.1. The van der Waals surface area contributed by atoms with Gasteiger partial charge in [-0.25, -0.2) is 4.21 Å². The summed E-state index contributed by atoms with van der Waals surface area (Å²) < 4.78 is 96.9. The Morgan fingerprint density at radius 2 is 0.632 bits per heavy atom. The first-order valence-corrected chi connectivity index (χ1v) is 26.2. The molecule has 0 radical (unpaired) electrons. The Balaban J connectivity index is 0.0000449. The molecule has 1 aromatic rings. The number of unbranched alkanes of at least 4 members (excludes halogenated alkanes) is 6. The van der Waals surface area contributed by atoms with E-state index >= 15 is 0 Å². The van der Waals surface area contributed by atoms with Crippen LogP contribution in [0.15, 0.2) is 24.3 Å². The molecular formula is C51H95NaO15S. The molecule has 13 unspecified atom stereocenters. The second-order valence-electron chi connectivity index (χ2n) is 18.5. The summed E-state index contributed by atoms with van der Waals surface area (Å²) >= 11 is -2.57. The Hall–Kier alpha value is -0.350. The predicted molar refractivity (Wildman–Crippen MR) is 263 cm³/mol. The van der Waals surface area contributed by atoms with Gasteiger partial charge in [-0.1, -0.05) is 57.6 Å². The molecule has 0 aliphatic carbocycles. The minimum Gasteiger partial charge on any atom is -0.750 e. The topological polar surface area (TPSA) is 160 Å². The van der Waals surface area contributed by atoms with Crippen molar-refractivity contribution in [3.63, 3.8) is 0 Å². The van der Waals surface area contributed by atoms with Gasteiger partial charge in [0.1, 0.15) is 12.4 Å². The van der Waals surface area contributed by atoms with Crippen LogP contribution < -0.4 is 34.3 Å². The Bertz CT molecular complexity index is 1310. The smallest absolute Gasteiger partial charge is 0.750 e. The number of benzene rings is 1. The quantitative estimate of drug-likeness (QED) is 0.0424. The van der Waals surface area contributed by atoms with Gasteiger partial charge in [-0.2, -0.15) is 0 Å². The number of hydrogen-bond donors (Lipinski definition) is 0. The number of hydrogen-bond acceptors (Lipinski definition) is 15. The zero-order valence-corrected chi connectivity index (χ0v) is 47.7. The van der Waals surface area contributed by atoms with E-state index in [0.29, 0.717) is 72.7 Å². The Labute approximate surface area is 437 Å². The standard InChI is InChI=1S/C51H96O15S.Na/c1-14-15-16-17-18-19-20-21-50-22-24-51(25-23-50)65-36-48(12)63-34-46(10)61-32-44(8)59-30-42(6)57-28-40(4)55-26-38(2)54-27-39(3)56-29-41(5)58-31-43(7)60-33-45(9)62-35-47(11)64-37-49(13)66-67(52)53;/h22-25,38-49H,14-21,26-37H2,1-13H3,(H,52,53);/q;+1/p-1. The summed E-state index contributed by atoms with van der Waals surface area (Å²) in [5, 5.41) is 0. The van der Waals surface area contributed by atoms with Gasteiger partial charge < -0.3 is 61.4 Å². The number of ether oxygens (including phenoxy) is 12. The van der Waals surface area contributed by atoms with Gasteiger partial charge in [-0.15, -0.1) is 0 Å². The van der Waals surface area contributed by atoms with E-state index in [-0.39, 0.29) is 103 Å². The van der Waals surface area contributed by atoms with Gasteiger partial charge in [0, 0.05) is 0 Å². The van der Waals surface area contributed by atoms with Crippen molar-refractivity contribution in [1.82, 2.24) is 0 Å². The van der Waals surface area contributed by atoms with Crippen LogP contribution in [-0.2, 0) is 74.1 Å². The molecule has 1 rings (SSSR count). The molecule has 0 aliphatic rings. The van der Waals surface area contributed by atoms with Gasteiger partial charge in [-0.05, 0) is 114 Å². The molecular weight excluding hydrogens is 908 g/mol. The largest absolute Gasteiger partial charge is 1.00 e. The van der Waals surface area contributed by atoms with Crippen molar-refractivity contribution in [3.8, 4) is 5.75 Å². The molecule has 0 aromatic heterocycles. The van der Waals surface area contributed by atoms with E-state index in [1.54, 1.807) is 6.92 Å². The summed E-state index contributed by atoms with van der Waals surface area (Å²) in [5.41, 5.74) is 1.37. The SMILES string of the molecule is CCCCCCCCCc1ccc(OCC(C)OCC(C)OCC(C)OCC(C)OCC(C)OCC(C)OCC(C)OCC(C)OCC(C)OCC(C)OCC(C)OCC(C)OS(=O)[O-])cc1.[Na+]. The molecule has 0 bridgehead atoms. The van der Waals surface area contributed by atoms with Gasteiger partial charge in [-0.3, -0.25) is 4.18 Å². The molecule has 0 spiro atoms.